The lowest BCUT2D eigenvalue weighted by atomic mass is 10.1. The summed E-state index contributed by atoms with van der Waals surface area (Å²) in [6.07, 6.45) is 2.44. The number of aromatic nitrogens is 1. The third-order valence-corrected chi connectivity index (χ3v) is 6.21. The molecule has 6 heteroatoms. The van der Waals surface area contributed by atoms with Crippen LogP contribution in [0, 0.1) is 6.92 Å². The third-order valence-electron chi connectivity index (χ3n) is 5.39. The van der Waals surface area contributed by atoms with Gasteiger partial charge in [0.15, 0.2) is 0 Å². The number of nitrogens with one attached hydrogen (secondary N) is 1. The number of benzene rings is 2. The van der Waals surface area contributed by atoms with Gasteiger partial charge in [-0.3, -0.25) is 9.69 Å². The molecule has 1 unspecified atom stereocenters. The third kappa shape index (κ3) is 5.26. The minimum Gasteiger partial charge on any atom is -0.487 e. The van der Waals surface area contributed by atoms with Crippen LogP contribution in [0.5, 0.6) is 5.75 Å². The molecule has 0 aliphatic carbocycles. The van der Waals surface area contributed by atoms with Crippen LogP contribution in [0.25, 0.3) is 0 Å². The van der Waals surface area contributed by atoms with Crippen molar-refractivity contribution >= 4 is 17.2 Å². The van der Waals surface area contributed by atoms with Crippen LogP contribution >= 0.6 is 11.3 Å². The van der Waals surface area contributed by atoms with Crippen LogP contribution in [0.15, 0.2) is 60.0 Å². The van der Waals surface area contributed by atoms with E-state index in [-0.39, 0.29) is 11.9 Å². The second-order valence-corrected chi connectivity index (χ2v) is 8.61. The fourth-order valence-electron chi connectivity index (χ4n) is 3.81. The number of carbonyl (C=O) groups excluding carboxylic acids is 1. The van der Waals surface area contributed by atoms with Gasteiger partial charge in [-0.15, -0.1) is 11.3 Å². The molecule has 1 aromatic heterocycles. The van der Waals surface area contributed by atoms with Crippen LogP contribution in [-0.4, -0.2) is 35.4 Å². The lowest BCUT2D eigenvalue weighted by Gasteiger charge is -2.28. The van der Waals surface area contributed by atoms with E-state index in [1.165, 1.54) is 18.4 Å². The Bertz CT molecular complexity index is 950. The normalized spacial score (nSPS) is 15.1. The molecular formula is C24H27N3O2S. The maximum absolute atomic E-state index is 12.7. The standard InChI is InChI=1S/C24H27N3O2S/c1-18-26-21(17-30-18)16-29-22-11-9-20(10-12-22)24(28)25-15-23(27-13-5-6-14-27)19-7-3-2-4-8-19/h2-4,7-12,17,23H,5-6,13-16H2,1H3,(H,25,28). The van der Waals surface area contributed by atoms with E-state index in [4.69, 9.17) is 4.74 Å². The summed E-state index contributed by atoms with van der Waals surface area (Å²) in [5, 5.41) is 6.16. The molecule has 156 valence electrons. The quantitative estimate of drug-likeness (QED) is 0.578. The van der Waals surface area contributed by atoms with Gasteiger partial charge in [0.25, 0.3) is 5.91 Å². The molecule has 5 nitrogen and oxygen atoms in total. The van der Waals surface area contributed by atoms with Crippen LogP contribution in [0.4, 0.5) is 0 Å². The first-order valence-corrected chi connectivity index (χ1v) is 11.3. The second kappa shape index (κ2) is 9.87. The largest absolute Gasteiger partial charge is 0.487 e. The number of rotatable bonds is 8. The molecule has 1 fully saturated rings. The number of aryl methyl sites for hydroxylation is 1. The highest BCUT2D eigenvalue weighted by Gasteiger charge is 2.24. The van der Waals surface area contributed by atoms with Gasteiger partial charge in [0, 0.05) is 17.5 Å². The summed E-state index contributed by atoms with van der Waals surface area (Å²) >= 11 is 1.61. The molecule has 1 saturated heterocycles. The van der Waals surface area contributed by atoms with E-state index in [0.717, 1.165) is 29.5 Å². The van der Waals surface area contributed by atoms with E-state index in [1.807, 2.05) is 42.6 Å². The number of likely N-dealkylation sites (tertiary alicyclic amines) is 1. The Morgan fingerprint density at radius 3 is 2.53 bits per heavy atom. The van der Waals surface area contributed by atoms with Crippen molar-refractivity contribution in [1.29, 1.82) is 0 Å². The van der Waals surface area contributed by atoms with Gasteiger partial charge in [0.2, 0.25) is 0 Å². The molecule has 1 amide bonds. The molecule has 4 rings (SSSR count). The maximum Gasteiger partial charge on any atom is 0.251 e. The molecule has 30 heavy (non-hydrogen) atoms. The molecule has 1 atom stereocenters. The molecule has 1 aliphatic heterocycles. The zero-order chi connectivity index (χ0) is 20.8. The molecule has 0 spiro atoms. The van der Waals surface area contributed by atoms with Crippen molar-refractivity contribution in [3.05, 3.63) is 81.8 Å². The van der Waals surface area contributed by atoms with Gasteiger partial charge < -0.3 is 10.1 Å². The highest BCUT2D eigenvalue weighted by atomic mass is 32.1. The lowest BCUT2D eigenvalue weighted by Crippen LogP contribution is -2.36. The molecular weight excluding hydrogens is 394 g/mol. The van der Waals surface area contributed by atoms with Gasteiger partial charge in [-0.1, -0.05) is 30.3 Å². The molecule has 3 aromatic rings. The SMILES string of the molecule is Cc1nc(COc2ccc(C(=O)NCC(c3ccccc3)N3CCCC3)cc2)cs1. The highest BCUT2D eigenvalue weighted by Crippen LogP contribution is 2.24. The number of carbonyl (C=O) groups is 1. The van der Waals surface area contributed by atoms with Crippen LogP contribution in [-0.2, 0) is 6.61 Å². The average Bonchev–Trinajstić information content (AvgIpc) is 3.45. The van der Waals surface area contributed by atoms with Crippen LogP contribution in [0.1, 0.15) is 45.5 Å². The Hall–Kier alpha value is -2.70. The van der Waals surface area contributed by atoms with Crippen molar-refractivity contribution in [2.75, 3.05) is 19.6 Å². The van der Waals surface area contributed by atoms with Crippen molar-refractivity contribution in [2.45, 2.75) is 32.4 Å². The zero-order valence-electron chi connectivity index (χ0n) is 17.2. The van der Waals surface area contributed by atoms with E-state index in [2.05, 4.69) is 39.5 Å². The number of ether oxygens (including phenoxy) is 1. The Morgan fingerprint density at radius 1 is 1.13 bits per heavy atom. The molecule has 1 aliphatic rings. The van der Waals surface area contributed by atoms with Crippen molar-refractivity contribution in [2.24, 2.45) is 0 Å². The maximum atomic E-state index is 12.7. The number of hydrogen-bond acceptors (Lipinski definition) is 5. The predicted octanol–water partition coefficient (Wildman–Crippen LogP) is 4.60. The van der Waals surface area contributed by atoms with Crippen LogP contribution in [0.3, 0.4) is 0 Å². The van der Waals surface area contributed by atoms with Crippen LogP contribution in [0.2, 0.25) is 0 Å². The van der Waals surface area contributed by atoms with Crippen molar-refractivity contribution < 1.29 is 9.53 Å². The van der Waals surface area contributed by atoms with E-state index < -0.39 is 0 Å². The smallest absolute Gasteiger partial charge is 0.251 e. The summed E-state index contributed by atoms with van der Waals surface area (Å²) in [4.78, 5) is 19.6. The summed E-state index contributed by atoms with van der Waals surface area (Å²) < 4.78 is 5.77. The highest BCUT2D eigenvalue weighted by molar-refractivity contribution is 7.09. The van der Waals surface area contributed by atoms with Crippen molar-refractivity contribution in [3.8, 4) is 5.75 Å². The van der Waals surface area contributed by atoms with E-state index in [1.54, 1.807) is 11.3 Å². The summed E-state index contributed by atoms with van der Waals surface area (Å²) in [7, 11) is 0. The average molecular weight is 422 g/mol. The van der Waals surface area contributed by atoms with E-state index >= 15 is 0 Å². The molecule has 0 bridgehead atoms. The summed E-state index contributed by atoms with van der Waals surface area (Å²) in [6.45, 7) is 5.18. The monoisotopic (exact) mass is 421 g/mol. The first-order chi connectivity index (χ1) is 14.7. The minimum atomic E-state index is -0.0585. The van der Waals surface area contributed by atoms with Gasteiger partial charge in [-0.25, -0.2) is 4.98 Å². The predicted molar refractivity (Wildman–Crippen MR) is 120 cm³/mol. The van der Waals surface area contributed by atoms with Gasteiger partial charge in [0.05, 0.1) is 16.7 Å². The molecule has 2 heterocycles. The number of nitrogens with zero attached hydrogens (tertiary/aromatic N) is 2. The topological polar surface area (TPSA) is 54.5 Å². The zero-order valence-corrected chi connectivity index (χ0v) is 18.0. The Labute approximate surface area is 181 Å². The lowest BCUT2D eigenvalue weighted by molar-refractivity contribution is 0.0938. The summed E-state index contributed by atoms with van der Waals surface area (Å²) in [5.74, 6) is 0.674. The van der Waals surface area contributed by atoms with E-state index in [9.17, 15) is 4.79 Å². The fourth-order valence-corrected chi connectivity index (χ4v) is 4.41. The van der Waals surface area contributed by atoms with Gasteiger partial charge >= 0.3 is 0 Å². The summed E-state index contributed by atoms with van der Waals surface area (Å²) in [5.41, 5.74) is 2.81. The van der Waals surface area contributed by atoms with E-state index in [0.29, 0.717) is 18.7 Å². The van der Waals surface area contributed by atoms with Crippen molar-refractivity contribution in [1.82, 2.24) is 15.2 Å². The van der Waals surface area contributed by atoms with Gasteiger partial charge in [-0.2, -0.15) is 0 Å². The van der Waals surface area contributed by atoms with Gasteiger partial charge in [0.1, 0.15) is 12.4 Å². The Balaban J connectivity index is 1.34. The second-order valence-electron chi connectivity index (χ2n) is 7.55. The molecule has 2 aromatic carbocycles. The minimum absolute atomic E-state index is 0.0585. The van der Waals surface area contributed by atoms with Crippen LogP contribution < -0.4 is 10.1 Å². The first-order valence-electron chi connectivity index (χ1n) is 10.4. The molecule has 1 N–H and O–H groups in total. The first kappa shape index (κ1) is 20.6. The number of hydrogen-bond donors (Lipinski definition) is 1. The number of amides is 1. The summed E-state index contributed by atoms with van der Waals surface area (Å²) in [6, 6.07) is 17.9. The Kier molecular flexibility index (Phi) is 6.77. The number of thiazole rings is 1. The molecule has 0 radical (unpaired) electrons. The van der Waals surface area contributed by atoms with Gasteiger partial charge in [-0.05, 0) is 62.7 Å². The Morgan fingerprint density at radius 2 is 1.87 bits per heavy atom. The van der Waals surface area contributed by atoms with Crippen molar-refractivity contribution in [3.63, 3.8) is 0 Å². The molecule has 0 saturated carbocycles. The fraction of sp³-hybridized carbons (Fsp3) is 0.333.